The highest BCUT2D eigenvalue weighted by Crippen LogP contribution is 2.13. The molecule has 0 radical (unpaired) electrons. The first-order valence-electron chi connectivity index (χ1n) is 6.63. The number of ether oxygens (including phenoxy) is 1. The fraction of sp³-hybridized carbons (Fsp3) is 0.118. The number of nitriles is 1. The van der Waals surface area contributed by atoms with Crippen LogP contribution in [0.1, 0.15) is 15.9 Å². The maximum Gasteiger partial charge on any atom is 0.223 e. The second kappa shape index (κ2) is 7.04. The molecule has 0 aliphatic carbocycles. The Bertz CT molecular complexity index is 743. The number of nitrogens with zero attached hydrogens (tertiary/aromatic N) is 2. The maximum absolute atomic E-state index is 12.2. The Hall–Kier alpha value is -3.13. The largest absolute Gasteiger partial charge is 0.497 e. The molecule has 0 atom stereocenters. The van der Waals surface area contributed by atoms with Gasteiger partial charge >= 0.3 is 0 Å². The maximum atomic E-state index is 12.2. The number of hydrogen-bond acceptors (Lipinski definition) is 5. The van der Waals surface area contributed by atoms with Gasteiger partial charge in [-0.3, -0.25) is 10.2 Å². The highest BCUT2D eigenvalue weighted by molar-refractivity contribution is 6.51. The summed E-state index contributed by atoms with van der Waals surface area (Å²) in [6.45, 7) is 1.95. The van der Waals surface area contributed by atoms with Crippen LogP contribution in [0.5, 0.6) is 5.75 Å². The second-order valence-corrected chi connectivity index (χ2v) is 4.61. The number of nitrogens with one attached hydrogen (secondary N) is 1. The van der Waals surface area contributed by atoms with Gasteiger partial charge in [-0.05, 0) is 48.9 Å². The molecule has 0 fully saturated rings. The van der Waals surface area contributed by atoms with Crippen molar-refractivity contribution >= 4 is 17.2 Å². The third kappa shape index (κ3) is 3.70. The normalized spacial score (nSPS) is 10.7. The smallest absolute Gasteiger partial charge is 0.223 e. The first-order valence-corrected chi connectivity index (χ1v) is 6.63. The minimum absolute atomic E-state index is 0.202. The van der Waals surface area contributed by atoms with E-state index in [9.17, 15) is 4.79 Å². The fourth-order valence-electron chi connectivity index (χ4n) is 1.84. The van der Waals surface area contributed by atoms with E-state index in [2.05, 4.69) is 10.5 Å². The van der Waals surface area contributed by atoms with Crippen LogP contribution in [0.25, 0.3) is 0 Å². The average Bonchev–Trinajstić information content (AvgIpc) is 2.55. The number of rotatable bonds is 5. The molecule has 5 nitrogen and oxygen atoms in total. The van der Waals surface area contributed by atoms with E-state index in [4.69, 9.17) is 10.00 Å². The zero-order valence-corrected chi connectivity index (χ0v) is 12.3. The summed E-state index contributed by atoms with van der Waals surface area (Å²) in [7, 11) is 1.55. The van der Waals surface area contributed by atoms with Gasteiger partial charge in [0.2, 0.25) is 11.5 Å². The molecule has 0 aromatic heterocycles. The quantitative estimate of drug-likeness (QED) is 0.522. The molecule has 0 aliphatic rings. The molecule has 0 heterocycles. The molecule has 0 amide bonds. The molecule has 2 aromatic rings. The van der Waals surface area contributed by atoms with Crippen LogP contribution >= 0.6 is 0 Å². The third-order valence-electron chi connectivity index (χ3n) is 2.99. The Morgan fingerprint density at radius 2 is 1.95 bits per heavy atom. The molecular formula is C17H15N3O2. The summed E-state index contributed by atoms with van der Waals surface area (Å²) in [5, 5.41) is 13.0. The number of benzene rings is 2. The molecule has 2 aromatic carbocycles. The highest BCUT2D eigenvalue weighted by atomic mass is 16.5. The van der Waals surface area contributed by atoms with Crippen molar-refractivity contribution in [1.29, 1.82) is 5.26 Å². The Labute approximate surface area is 128 Å². The highest BCUT2D eigenvalue weighted by Gasteiger charge is 2.14. The number of carbonyl (C=O) groups excluding carboxylic acids is 1. The average molecular weight is 293 g/mol. The van der Waals surface area contributed by atoms with Crippen molar-refractivity contribution in [2.45, 2.75) is 6.92 Å². The van der Waals surface area contributed by atoms with E-state index in [0.717, 1.165) is 11.3 Å². The molecule has 1 N–H and O–H groups in total. The van der Waals surface area contributed by atoms with Crippen molar-refractivity contribution in [3.63, 3.8) is 0 Å². The molecule has 22 heavy (non-hydrogen) atoms. The van der Waals surface area contributed by atoms with Gasteiger partial charge in [-0.2, -0.15) is 10.4 Å². The topological polar surface area (TPSA) is 74.5 Å². The monoisotopic (exact) mass is 293 g/mol. The van der Waals surface area contributed by atoms with Gasteiger partial charge in [0.15, 0.2) is 0 Å². The SMILES string of the molecule is COc1ccc(C(=O)/C(C#N)=N/Nc2cccc(C)c2)cc1. The van der Waals surface area contributed by atoms with Crippen LogP contribution < -0.4 is 10.2 Å². The standard InChI is InChI=1S/C17H15N3O2/c1-12-4-3-5-14(10-12)19-20-16(11-18)17(21)13-6-8-15(22-2)9-7-13/h3-10,19H,1-2H3/b20-16+. The molecular weight excluding hydrogens is 278 g/mol. The minimum Gasteiger partial charge on any atom is -0.497 e. The summed E-state index contributed by atoms with van der Waals surface area (Å²) in [6, 6.07) is 15.8. The zero-order chi connectivity index (χ0) is 15.9. The lowest BCUT2D eigenvalue weighted by Gasteiger charge is -2.03. The number of methoxy groups -OCH3 is 1. The van der Waals surface area contributed by atoms with Gasteiger partial charge < -0.3 is 4.74 Å². The van der Waals surface area contributed by atoms with E-state index in [-0.39, 0.29) is 5.71 Å². The first kappa shape index (κ1) is 15.3. The Kier molecular flexibility index (Phi) is 4.89. The van der Waals surface area contributed by atoms with E-state index >= 15 is 0 Å². The predicted molar refractivity (Wildman–Crippen MR) is 85.2 cm³/mol. The van der Waals surface area contributed by atoms with Gasteiger partial charge in [-0.25, -0.2) is 0 Å². The van der Waals surface area contributed by atoms with Gasteiger partial charge in [-0.15, -0.1) is 0 Å². The van der Waals surface area contributed by atoms with E-state index in [1.165, 1.54) is 0 Å². The molecule has 0 saturated heterocycles. The van der Waals surface area contributed by atoms with Crippen LogP contribution in [0, 0.1) is 18.3 Å². The lowest BCUT2D eigenvalue weighted by molar-refractivity contribution is 0.106. The van der Waals surface area contributed by atoms with Gasteiger partial charge in [-0.1, -0.05) is 12.1 Å². The van der Waals surface area contributed by atoms with Gasteiger partial charge in [0.05, 0.1) is 12.8 Å². The summed E-state index contributed by atoms with van der Waals surface area (Å²) in [6.07, 6.45) is 0. The van der Waals surface area contributed by atoms with Crippen molar-refractivity contribution in [1.82, 2.24) is 0 Å². The molecule has 0 unspecified atom stereocenters. The number of anilines is 1. The van der Waals surface area contributed by atoms with Gasteiger partial charge in [0, 0.05) is 5.56 Å². The Morgan fingerprint density at radius 1 is 1.23 bits per heavy atom. The predicted octanol–water partition coefficient (Wildman–Crippen LogP) is 3.18. The van der Waals surface area contributed by atoms with Gasteiger partial charge in [0.25, 0.3) is 0 Å². The number of carbonyl (C=O) groups is 1. The number of hydrogen-bond donors (Lipinski definition) is 1. The second-order valence-electron chi connectivity index (χ2n) is 4.61. The Balaban J connectivity index is 2.17. The summed E-state index contributed by atoms with van der Waals surface area (Å²) in [5.74, 6) is 0.204. The number of aryl methyl sites for hydroxylation is 1. The summed E-state index contributed by atoms with van der Waals surface area (Å²) < 4.78 is 5.03. The number of hydrazone groups is 1. The molecule has 0 bridgehead atoms. The van der Waals surface area contributed by atoms with Crippen LogP contribution in [0.15, 0.2) is 53.6 Å². The van der Waals surface area contributed by atoms with E-state index in [1.807, 2.05) is 37.3 Å². The lowest BCUT2D eigenvalue weighted by atomic mass is 10.1. The number of Topliss-reactive ketones (excluding diaryl/α,β-unsaturated/α-hetero) is 1. The van der Waals surface area contributed by atoms with Crippen molar-refractivity contribution in [3.05, 3.63) is 59.7 Å². The van der Waals surface area contributed by atoms with Crippen LogP contribution in [0.4, 0.5) is 5.69 Å². The fourth-order valence-corrected chi connectivity index (χ4v) is 1.84. The molecule has 2 rings (SSSR count). The van der Waals surface area contributed by atoms with Crippen LogP contribution in [0.3, 0.4) is 0 Å². The van der Waals surface area contributed by atoms with Crippen molar-refractivity contribution in [2.75, 3.05) is 12.5 Å². The van der Waals surface area contributed by atoms with Crippen LogP contribution in [-0.2, 0) is 0 Å². The lowest BCUT2D eigenvalue weighted by Crippen LogP contribution is -2.14. The van der Waals surface area contributed by atoms with E-state index in [1.54, 1.807) is 31.4 Å². The molecule has 0 aliphatic heterocycles. The summed E-state index contributed by atoms with van der Waals surface area (Å²) >= 11 is 0. The van der Waals surface area contributed by atoms with Crippen molar-refractivity contribution < 1.29 is 9.53 Å². The summed E-state index contributed by atoms with van der Waals surface area (Å²) in [4.78, 5) is 12.2. The Morgan fingerprint density at radius 3 is 2.55 bits per heavy atom. The zero-order valence-electron chi connectivity index (χ0n) is 12.3. The third-order valence-corrected chi connectivity index (χ3v) is 2.99. The minimum atomic E-state index is -0.440. The first-order chi connectivity index (χ1) is 10.6. The summed E-state index contributed by atoms with van der Waals surface area (Å²) in [5.41, 5.74) is 4.68. The molecule has 5 heteroatoms. The van der Waals surface area contributed by atoms with Gasteiger partial charge in [0.1, 0.15) is 11.8 Å². The molecule has 0 spiro atoms. The van der Waals surface area contributed by atoms with Crippen molar-refractivity contribution in [2.24, 2.45) is 5.10 Å². The molecule has 0 saturated carbocycles. The number of ketones is 1. The van der Waals surface area contributed by atoms with E-state index in [0.29, 0.717) is 11.3 Å². The molecule has 110 valence electrons. The van der Waals surface area contributed by atoms with Crippen LogP contribution in [0.2, 0.25) is 0 Å². The van der Waals surface area contributed by atoms with Crippen LogP contribution in [-0.4, -0.2) is 18.6 Å². The van der Waals surface area contributed by atoms with Crippen molar-refractivity contribution in [3.8, 4) is 11.8 Å². The van der Waals surface area contributed by atoms with E-state index < -0.39 is 5.78 Å².